The molecular formula is C11H21N3. The Labute approximate surface area is 86.5 Å². The fourth-order valence-corrected chi connectivity index (χ4v) is 1.62. The molecule has 0 atom stereocenters. The summed E-state index contributed by atoms with van der Waals surface area (Å²) in [4.78, 5) is 0. The van der Waals surface area contributed by atoms with Crippen molar-refractivity contribution in [3.8, 4) is 0 Å². The van der Waals surface area contributed by atoms with Crippen molar-refractivity contribution in [3.05, 3.63) is 11.4 Å². The minimum Gasteiger partial charge on any atom is -0.252 e. The van der Waals surface area contributed by atoms with E-state index in [2.05, 4.69) is 31.1 Å². The smallest absolute Gasteiger partial charge is 0.0861 e. The van der Waals surface area contributed by atoms with Gasteiger partial charge >= 0.3 is 0 Å². The van der Waals surface area contributed by atoms with Gasteiger partial charge in [-0.25, -0.2) is 0 Å². The minimum atomic E-state index is 0.659. The van der Waals surface area contributed by atoms with E-state index in [1.54, 1.807) is 0 Å². The molecule has 0 aliphatic carbocycles. The van der Waals surface area contributed by atoms with Crippen LogP contribution in [-0.4, -0.2) is 15.0 Å². The van der Waals surface area contributed by atoms with Crippen LogP contribution in [0.15, 0.2) is 0 Å². The second kappa shape index (κ2) is 5.13. The molecule has 0 spiro atoms. The first-order valence-electron chi connectivity index (χ1n) is 5.52. The predicted molar refractivity (Wildman–Crippen MR) is 58.2 cm³/mol. The van der Waals surface area contributed by atoms with Crippen LogP contribution in [-0.2, 0) is 19.9 Å². The molecule has 0 saturated heterocycles. The summed E-state index contributed by atoms with van der Waals surface area (Å²) in [5.41, 5.74) is 2.51. The molecule has 1 heterocycles. The van der Waals surface area contributed by atoms with Gasteiger partial charge in [-0.2, -0.15) is 0 Å². The highest BCUT2D eigenvalue weighted by molar-refractivity contribution is 5.10. The van der Waals surface area contributed by atoms with Gasteiger partial charge in [0, 0.05) is 7.05 Å². The van der Waals surface area contributed by atoms with Gasteiger partial charge in [-0.3, -0.25) is 4.68 Å². The fourth-order valence-electron chi connectivity index (χ4n) is 1.62. The first-order chi connectivity index (χ1) is 6.65. The highest BCUT2D eigenvalue weighted by Gasteiger charge is 2.10. The van der Waals surface area contributed by atoms with Gasteiger partial charge in [-0.05, 0) is 25.2 Å². The summed E-state index contributed by atoms with van der Waals surface area (Å²) in [6.07, 6.45) is 4.62. The summed E-state index contributed by atoms with van der Waals surface area (Å²) in [6.45, 7) is 6.66. The van der Waals surface area contributed by atoms with E-state index in [9.17, 15) is 0 Å². The molecule has 3 heteroatoms. The molecule has 1 aromatic rings. The van der Waals surface area contributed by atoms with Crippen LogP contribution in [0, 0.1) is 5.92 Å². The summed E-state index contributed by atoms with van der Waals surface area (Å²) in [5, 5.41) is 8.31. The Morgan fingerprint density at radius 2 is 2.07 bits per heavy atom. The number of aryl methyl sites for hydroxylation is 1. The summed E-state index contributed by atoms with van der Waals surface area (Å²) in [5.74, 6) is 0.659. The van der Waals surface area contributed by atoms with Gasteiger partial charge in [0.05, 0.1) is 11.4 Å². The predicted octanol–water partition coefficient (Wildman–Crippen LogP) is 2.36. The molecule has 0 aliphatic rings. The SMILES string of the molecule is CCCCc1c(CC(C)C)nnn1C. The van der Waals surface area contributed by atoms with Crippen LogP contribution in [0.1, 0.15) is 45.0 Å². The number of unbranched alkanes of at least 4 members (excludes halogenated alkanes) is 1. The first kappa shape index (κ1) is 11.2. The van der Waals surface area contributed by atoms with Gasteiger partial charge in [-0.15, -0.1) is 5.10 Å². The normalized spacial score (nSPS) is 11.2. The van der Waals surface area contributed by atoms with E-state index in [1.807, 2.05) is 11.7 Å². The van der Waals surface area contributed by atoms with E-state index in [0.29, 0.717) is 5.92 Å². The van der Waals surface area contributed by atoms with Gasteiger partial charge in [0.15, 0.2) is 0 Å². The lowest BCUT2D eigenvalue weighted by Gasteiger charge is -2.05. The third-order valence-electron chi connectivity index (χ3n) is 2.39. The lowest BCUT2D eigenvalue weighted by atomic mass is 10.0. The lowest BCUT2D eigenvalue weighted by Crippen LogP contribution is -2.03. The van der Waals surface area contributed by atoms with Crippen molar-refractivity contribution in [3.63, 3.8) is 0 Å². The van der Waals surface area contributed by atoms with Crippen LogP contribution in [0.3, 0.4) is 0 Å². The van der Waals surface area contributed by atoms with Gasteiger partial charge in [0.1, 0.15) is 0 Å². The van der Waals surface area contributed by atoms with Crippen molar-refractivity contribution in [2.24, 2.45) is 13.0 Å². The molecule has 0 amide bonds. The van der Waals surface area contributed by atoms with E-state index in [1.165, 1.54) is 24.2 Å². The van der Waals surface area contributed by atoms with Gasteiger partial charge in [-0.1, -0.05) is 32.4 Å². The zero-order valence-electron chi connectivity index (χ0n) is 9.75. The molecule has 0 saturated carbocycles. The summed E-state index contributed by atoms with van der Waals surface area (Å²) in [6, 6.07) is 0. The van der Waals surface area contributed by atoms with Crippen molar-refractivity contribution in [1.29, 1.82) is 0 Å². The number of hydrogen-bond donors (Lipinski definition) is 0. The largest absolute Gasteiger partial charge is 0.252 e. The average Bonchev–Trinajstić information content (AvgIpc) is 2.44. The average molecular weight is 195 g/mol. The Bertz CT molecular complexity index is 276. The molecule has 0 fully saturated rings. The van der Waals surface area contributed by atoms with Crippen LogP contribution in [0.4, 0.5) is 0 Å². The minimum absolute atomic E-state index is 0.659. The number of hydrogen-bond acceptors (Lipinski definition) is 2. The topological polar surface area (TPSA) is 30.7 Å². The van der Waals surface area contributed by atoms with Crippen LogP contribution in [0.5, 0.6) is 0 Å². The standard InChI is InChI=1S/C11H21N3/c1-5-6-7-11-10(8-9(2)3)12-13-14(11)4/h9H,5-8H2,1-4H3. The fraction of sp³-hybridized carbons (Fsp3) is 0.818. The van der Waals surface area contributed by atoms with E-state index in [-0.39, 0.29) is 0 Å². The summed E-state index contributed by atoms with van der Waals surface area (Å²) < 4.78 is 1.92. The molecule has 80 valence electrons. The molecule has 0 N–H and O–H groups in total. The quantitative estimate of drug-likeness (QED) is 0.722. The van der Waals surface area contributed by atoms with E-state index in [0.717, 1.165) is 12.8 Å². The molecule has 0 unspecified atom stereocenters. The molecule has 0 aliphatic heterocycles. The highest BCUT2D eigenvalue weighted by atomic mass is 15.4. The van der Waals surface area contributed by atoms with Crippen LogP contribution in [0.25, 0.3) is 0 Å². The molecule has 14 heavy (non-hydrogen) atoms. The molecular weight excluding hydrogens is 174 g/mol. The van der Waals surface area contributed by atoms with Crippen molar-refractivity contribution < 1.29 is 0 Å². The van der Waals surface area contributed by atoms with Gasteiger partial charge in [0.25, 0.3) is 0 Å². The van der Waals surface area contributed by atoms with Gasteiger partial charge < -0.3 is 0 Å². The summed E-state index contributed by atoms with van der Waals surface area (Å²) >= 11 is 0. The van der Waals surface area contributed by atoms with Crippen LogP contribution in [0.2, 0.25) is 0 Å². The van der Waals surface area contributed by atoms with Crippen molar-refractivity contribution in [2.45, 2.75) is 46.5 Å². The first-order valence-corrected chi connectivity index (χ1v) is 5.52. The maximum atomic E-state index is 4.22. The Balaban J connectivity index is 2.72. The molecule has 0 bridgehead atoms. The Kier molecular flexibility index (Phi) is 4.11. The van der Waals surface area contributed by atoms with E-state index >= 15 is 0 Å². The molecule has 0 aromatic carbocycles. The maximum Gasteiger partial charge on any atom is 0.0861 e. The van der Waals surface area contributed by atoms with Crippen molar-refractivity contribution in [1.82, 2.24) is 15.0 Å². The Hall–Kier alpha value is -0.860. The third-order valence-corrected chi connectivity index (χ3v) is 2.39. The second-order valence-electron chi connectivity index (χ2n) is 4.31. The zero-order valence-corrected chi connectivity index (χ0v) is 9.75. The highest BCUT2D eigenvalue weighted by Crippen LogP contribution is 2.12. The van der Waals surface area contributed by atoms with Crippen molar-refractivity contribution >= 4 is 0 Å². The summed E-state index contributed by atoms with van der Waals surface area (Å²) in [7, 11) is 1.99. The zero-order chi connectivity index (χ0) is 10.6. The Morgan fingerprint density at radius 3 is 2.64 bits per heavy atom. The molecule has 1 aromatic heterocycles. The van der Waals surface area contributed by atoms with E-state index < -0.39 is 0 Å². The van der Waals surface area contributed by atoms with E-state index in [4.69, 9.17) is 0 Å². The number of rotatable bonds is 5. The monoisotopic (exact) mass is 195 g/mol. The van der Waals surface area contributed by atoms with Crippen molar-refractivity contribution in [2.75, 3.05) is 0 Å². The van der Waals surface area contributed by atoms with Crippen LogP contribution < -0.4 is 0 Å². The molecule has 3 nitrogen and oxygen atoms in total. The molecule has 0 radical (unpaired) electrons. The third kappa shape index (κ3) is 2.82. The van der Waals surface area contributed by atoms with Gasteiger partial charge in [0.2, 0.25) is 0 Å². The number of aromatic nitrogens is 3. The second-order valence-corrected chi connectivity index (χ2v) is 4.31. The molecule has 1 rings (SSSR count). The van der Waals surface area contributed by atoms with Crippen LogP contribution >= 0.6 is 0 Å². The maximum absolute atomic E-state index is 4.22. The lowest BCUT2D eigenvalue weighted by molar-refractivity contribution is 0.625. The Morgan fingerprint density at radius 1 is 1.36 bits per heavy atom. The number of nitrogens with zero attached hydrogens (tertiary/aromatic N) is 3.